The molecule has 0 aromatic rings. The molecule has 1 unspecified atom stereocenters. The van der Waals surface area contributed by atoms with E-state index in [9.17, 15) is 9.59 Å². The molecule has 0 radical (unpaired) electrons. The highest BCUT2D eigenvalue weighted by Crippen LogP contribution is 2.03. The highest BCUT2D eigenvalue weighted by atomic mass is 16.5. The number of hydrogen-bond donors (Lipinski definition) is 0. The zero-order chi connectivity index (χ0) is 13.3. The average molecular weight is 240 g/mol. The second kappa shape index (κ2) is 8.56. The van der Waals surface area contributed by atoms with Gasteiger partial charge in [0.2, 0.25) is 0 Å². The largest absolute Gasteiger partial charge is 0.465 e. The van der Waals surface area contributed by atoms with E-state index in [1.807, 2.05) is 6.92 Å². The van der Waals surface area contributed by atoms with Crippen LogP contribution in [0.2, 0.25) is 0 Å². The molecule has 0 bridgehead atoms. The lowest BCUT2D eigenvalue weighted by molar-refractivity contribution is -0.146. The van der Waals surface area contributed by atoms with Crippen LogP contribution in [0.15, 0.2) is 24.0 Å². The molecule has 0 amide bonds. The van der Waals surface area contributed by atoms with Gasteiger partial charge in [0.1, 0.15) is 5.76 Å². The standard InChI is InChI=1S/C13H20O4/c1-5-9-16-13(15)10(2)7-6-8-11(3)17-12(4)14/h6-8,10H,5,9H2,1-4H3. The molecule has 0 aliphatic carbocycles. The van der Waals surface area contributed by atoms with Crippen LogP contribution in [0.4, 0.5) is 0 Å². The lowest BCUT2D eigenvalue weighted by atomic mass is 10.1. The van der Waals surface area contributed by atoms with Crippen LogP contribution in [0.3, 0.4) is 0 Å². The quantitative estimate of drug-likeness (QED) is 0.407. The summed E-state index contributed by atoms with van der Waals surface area (Å²) in [6, 6.07) is 0. The van der Waals surface area contributed by atoms with E-state index in [4.69, 9.17) is 9.47 Å². The summed E-state index contributed by atoms with van der Waals surface area (Å²) in [4.78, 5) is 22.0. The van der Waals surface area contributed by atoms with Gasteiger partial charge < -0.3 is 9.47 Å². The summed E-state index contributed by atoms with van der Waals surface area (Å²) in [5, 5.41) is 0. The molecule has 0 spiro atoms. The fourth-order valence-electron chi connectivity index (χ4n) is 1.03. The first-order valence-corrected chi connectivity index (χ1v) is 5.67. The Morgan fingerprint density at radius 1 is 1.29 bits per heavy atom. The molecule has 0 fully saturated rings. The minimum atomic E-state index is -0.359. The smallest absolute Gasteiger partial charge is 0.312 e. The minimum absolute atomic E-state index is 0.248. The van der Waals surface area contributed by atoms with Crippen molar-refractivity contribution < 1.29 is 19.1 Å². The van der Waals surface area contributed by atoms with Crippen molar-refractivity contribution >= 4 is 11.9 Å². The number of ether oxygens (including phenoxy) is 2. The number of carbonyl (C=O) groups is 2. The predicted molar refractivity (Wildman–Crippen MR) is 65.1 cm³/mol. The maximum atomic E-state index is 11.4. The van der Waals surface area contributed by atoms with Crippen molar-refractivity contribution in [2.45, 2.75) is 34.1 Å². The maximum absolute atomic E-state index is 11.4. The summed E-state index contributed by atoms with van der Waals surface area (Å²) in [6.45, 7) is 7.15. The van der Waals surface area contributed by atoms with E-state index in [1.54, 1.807) is 32.1 Å². The Morgan fingerprint density at radius 2 is 1.94 bits per heavy atom. The molecule has 0 aliphatic heterocycles. The molecule has 0 saturated heterocycles. The van der Waals surface area contributed by atoms with Crippen LogP contribution in [-0.4, -0.2) is 18.5 Å². The zero-order valence-corrected chi connectivity index (χ0v) is 10.9. The molecule has 0 saturated carbocycles. The van der Waals surface area contributed by atoms with Crippen LogP contribution in [0.5, 0.6) is 0 Å². The van der Waals surface area contributed by atoms with E-state index in [2.05, 4.69) is 0 Å². The highest BCUT2D eigenvalue weighted by Gasteiger charge is 2.09. The molecule has 0 aromatic heterocycles. The molecule has 0 aromatic carbocycles. The van der Waals surface area contributed by atoms with Crippen LogP contribution in [0.25, 0.3) is 0 Å². The fraction of sp³-hybridized carbons (Fsp3) is 0.538. The van der Waals surface area contributed by atoms with Crippen LogP contribution in [-0.2, 0) is 19.1 Å². The van der Waals surface area contributed by atoms with Crippen LogP contribution < -0.4 is 0 Å². The normalized spacial score (nSPS) is 13.5. The minimum Gasteiger partial charge on any atom is -0.465 e. The summed E-state index contributed by atoms with van der Waals surface area (Å²) >= 11 is 0. The van der Waals surface area contributed by atoms with Crippen molar-refractivity contribution in [2.75, 3.05) is 6.61 Å². The van der Waals surface area contributed by atoms with Gasteiger partial charge in [0.05, 0.1) is 12.5 Å². The highest BCUT2D eigenvalue weighted by molar-refractivity contribution is 5.74. The summed E-state index contributed by atoms with van der Waals surface area (Å²) in [5.41, 5.74) is 0. The molecule has 0 rings (SSSR count). The van der Waals surface area contributed by atoms with E-state index in [0.29, 0.717) is 12.4 Å². The third kappa shape index (κ3) is 8.25. The van der Waals surface area contributed by atoms with Crippen LogP contribution in [0, 0.1) is 5.92 Å². The van der Waals surface area contributed by atoms with Crippen molar-refractivity contribution in [1.82, 2.24) is 0 Å². The van der Waals surface area contributed by atoms with E-state index in [-0.39, 0.29) is 17.9 Å². The maximum Gasteiger partial charge on any atom is 0.312 e. The molecular weight excluding hydrogens is 220 g/mol. The van der Waals surface area contributed by atoms with Crippen LogP contribution in [0.1, 0.15) is 34.1 Å². The zero-order valence-electron chi connectivity index (χ0n) is 10.9. The molecule has 96 valence electrons. The number of allylic oxidation sites excluding steroid dienone is 3. The monoisotopic (exact) mass is 240 g/mol. The van der Waals surface area contributed by atoms with Crippen molar-refractivity contribution in [3.8, 4) is 0 Å². The summed E-state index contributed by atoms with van der Waals surface area (Å²) in [7, 11) is 0. The number of carbonyl (C=O) groups excluding carboxylic acids is 2. The molecule has 0 N–H and O–H groups in total. The summed E-state index contributed by atoms with van der Waals surface area (Å²) in [5.74, 6) is -0.421. The molecule has 4 nitrogen and oxygen atoms in total. The first-order chi connectivity index (χ1) is 7.97. The van der Waals surface area contributed by atoms with Gasteiger partial charge >= 0.3 is 11.9 Å². The van der Waals surface area contributed by atoms with E-state index < -0.39 is 0 Å². The van der Waals surface area contributed by atoms with Gasteiger partial charge in [-0.05, 0) is 26.3 Å². The summed E-state index contributed by atoms with van der Waals surface area (Å²) < 4.78 is 9.79. The third-order valence-corrected chi connectivity index (χ3v) is 1.86. The van der Waals surface area contributed by atoms with E-state index in [1.165, 1.54) is 6.92 Å². The Bertz CT molecular complexity index is 315. The Balaban J connectivity index is 4.14. The lowest BCUT2D eigenvalue weighted by Crippen LogP contribution is -2.13. The van der Waals surface area contributed by atoms with Gasteiger partial charge in [-0.2, -0.15) is 0 Å². The molecule has 1 atom stereocenters. The number of esters is 2. The molecular formula is C13H20O4. The van der Waals surface area contributed by atoms with E-state index in [0.717, 1.165) is 6.42 Å². The Kier molecular flexibility index (Phi) is 7.76. The van der Waals surface area contributed by atoms with Gasteiger partial charge in [0, 0.05) is 6.92 Å². The molecule has 17 heavy (non-hydrogen) atoms. The third-order valence-electron chi connectivity index (χ3n) is 1.86. The second-order valence-corrected chi connectivity index (χ2v) is 3.71. The van der Waals surface area contributed by atoms with Crippen molar-refractivity contribution in [3.63, 3.8) is 0 Å². The number of hydrogen-bond acceptors (Lipinski definition) is 4. The van der Waals surface area contributed by atoms with Gasteiger partial charge in [0.15, 0.2) is 0 Å². The average Bonchev–Trinajstić information content (AvgIpc) is 2.24. The lowest BCUT2D eigenvalue weighted by Gasteiger charge is -2.05. The Labute approximate surface area is 102 Å². The van der Waals surface area contributed by atoms with Crippen molar-refractivity contribution in [3.05, 3.63) is 24.0 Å². The number of rotatable bonds is 6. The van der Waals surface area contributed by atoms with Gasteiger partial charge in [0.25, 0.3) is 0 Å². The predicted octanol–water partition coefficient (Wildman–Crippen LogP) is 2.60. The molecule has 4 heteroatoms. The van der Waals surface area contributed by atoms with Gasteiger partial charge in [-0.3, -0.25) is 9.59 Å². The SMILES string of the molecule is CCCOC(=O)C(C)C=CC=C(C)OC(C)=O. The fourth-order valence-corrected chi connectivity index (χ4v) is 1.03. The Hall–Kier alpha value is -1.58. The first kappa shape index (κ1) is 15.4. The van der Waals surface area contributed by atoms with Crippen molar-refractivity contribution in [1.29, 1.82) is 0 Å². The molecule has 0 aliphatic rings. The topological polar surface area (TPSA) is 52.6 Å². The molecule has 0 heterocycles. The van der Waals surface area contributed by atoms with Gasteiger partial charge in [-0.15, -0.1) is 0 Å². The Morgan fingerprint density at radius 3 is 2.47 bits per heavy atom. The van der Waals surface area contributed by atoms with Crippen LogP contribution >= 0.6 is 0 Å². The van der Waals surface area contributed by atoms with Gasteiger partial charge in [-0.25, -0.2) is 0 Å². The van der Waals surface area contributed by atoms with Crippen molar-refractivity contribution in [2.24, 2.45) is 5.92 Å². The first-order valence-electron chi connectivity index (χ1n) is 5.67. The second-order valence-electron chi connectivity index (χ2n) is 3.71. The van der Waals surface area contributed by atoms with Gasteiger partial charge in [-0.1, -0.05) is 19.1 Å². The summed E-state index contributed by atoms with van der Waals surface area (Å²) in [6.07, 6.45) is 5.82. The van der Waals surface area contributed by atoms with E-state index >= 15 is 0 Å².